The Morgan fingerprint density at radius 3 is 2.77 bits per heavy atom. The minimum Gasteiger partial charge on any atom is -0.360 e. The van der Waals surface area contributed by atoms with Gasteiger partial charge >= 0.3 is 0 Å². The molecule has 0 aromatic carbocycles. The van der Waals surface area contributed by atoms with Crippen LogP contribution in [0.15, 0.2) is 36.7 Å². The van der Waals surface area contributed by atoms with E-state index in [9.17, 15) is 0 Å². The third kappa shape index (κ3) is 1.61. The van der Waals surface area contributed by atoms with Gasteiger partial charge in [0.25, 0.3) is 0 Å². The van der Waals surface area contributed by atoms with Gasteiger partial charge in [-0.25, -0.2) is 0 Å². The summed E-state index contributed by atoms with van der Waals surface area (Å²) in [6.07, 6.45) is 4.87. The van der Waals surface area contributed by atoms with E-state index in [2.05, 4.69) is 23.0 Å². The van der Waals surface area contributed by atoms with Crippen molar-refractivity contribution in [3.05, 3.63) is 42.2 Å². The Morgan fingerprint density at radius 1 is 1.31 bits per heavy atom. The smallest absolute Gasteiger partial charge is 0.0864 e. The molecule has 2 heterocycles. The molecule has 1 N–H and O–H groups in total. The molecule has 0 saturated carbocycles. The summed E-state index contributed by atoms with van der Waals surface area (Å²) in [6, 6.07) is 8.16. The number of aromatic amines is 1. The Hall–Kier alpha value is -1.57. The van der Waals surface area contributed by atoms with E-state index in [0.29, 0.717) is 0 Å². The minimum atomic E-state index is 1.00. The van der Waals surface area contributed by atoms with Gasteiger partial charge in [-0.2, -0.15) is 0 Å². The van der Waals surface area contributed by atoms with Crippen LogP contribution in [0.5, 0.6) is 0 Å². The molecule has 0 radical (unpaired) electrons. The second kappa shape index (κ2) is 3.44. The molecule has 0 bridgehead atoms. The van der Waals surface area contributed by atoms with E-state index in [-0.39, 0.29) is 0 Å². The first-order chi connectivity index (χ1) is 6.40. The fraction of sp³-hybridized carbons (Fsp3) is 0.182. The predicted molar refractivity (Wildman–Crippen MR) is 53.4 cm³/mol. The number of nitrogens with zero attached hydrogens (tertiary/aromatic N) is 1. The molecule has 66 valence electrons. The average molecular weight is 172 g/mol. The lowest BCUT2D eigenvalue weighted by Gasteiger charge is -1.98. The van der Waals surface area contributed by atoms with E-state index >= 15 is 0 Å². The molecule has 2 nitrogen and oxygen atoms in total. The van der Waals surface area contributed by atoms with Gasteiger partial charge < -0.3 is 4.98 Å². The first kappa shape index (κ1) is 8.05. The minimum absolute atomic E-state index is 1.00. The third-order valence-corrected chi connectivity index (χ3v) is 2.11. The van der Waals surface area contributed by atoms with Crippen LogP contribution in [-0.2, 0) is 6.42 Å². The van der Waals surface area contributed by atoms with Gasteiger partial charge in [-0.1, -0.05) is 13.0 Å². The first-order valence-corrected chi connectivity index (χ1v) is 4.49. The SMILES string of the molecule is CCc1ccc(-c2ccc[nH]2)nc1. The number of rotatable bonds is 2. The maximum atomic E-state index is 4.36. The second-order valence-electron chi connectivity index (χ2n) is 2.99. The summed E-state index contributed by atoms with van der Waals surface area (Å²) in [5.41, 5.74) is 3.35. The molecule has 0 aliphatic carbocycles. The monoisotopic (exact) mass is 172 g/mol. The number of pyridine rings is 1. The normalized spacial score (nSPS) is 10.2. The number of aryl methyl sites for hydroxylation is 1. The molecule has 0 spiro atoms. The highest BCUT2D eigenvalue weighted by Crippen LogP contribution is 2.13. The molecule has 2 aromatic heterocycles. The Kier molecular flexibility index (Phi) is 2.13. The van der Waals surface area contributed by atoms with Gasteiger partial charge in [-0.3, -0.25) is 4.98 Å². The van der Waals surface area contributed by atoms with Crippen LogP contribution < -0.4 is 0 Å². The number of hydrogen-bond acceptors (Lipinski definition) is 1. The zero-order valence-corrected chi connectivity index (χ0v) is 7.62. The molecular weight excluding hydrogens is 160 g/mol. The molecule has 2 rings (SSSR count). The highest BCUT2D eigenvalue weighted by molar-refractivity contribution is 5.53. The van der Waals surface area contributed by atoms with Gasteiger partial charge in [0, 0.05) is 12.4 Å². The summed E-state index contributed by atoms with van der Waals surface area (Å²) in [6.45, 7) is 2.13. The van der Waals surface area contributed by atoms with Crippen LogP contribution in [0.4, 0.5) is 0 Å². The van der Waals surface area contributed by atoms with Crippen molar-refractivity contribution in [3.8, 4) is 11.4 Å². The van der Waals surface area contributed by atoms with Crippen LogP contribution in [0.3, 0.4) is 0 Å². The van der Waals surface area contributed by atoms with Crippen LogP contribution in [0.25, 0.3) is 11.4 Å². The standard InChI is InChI=1S/C11H12N2/c1-2-9-5-6-11(13-8-9)10-4-3-7-12-10/h3-8,12H,2H2,1H3. The van der Waals surface area contributed by atoms with Crippen molar-refractivity contribution in [2.45, 2.75) is 13.3 Å². The summed E-state index contributed by atoms with van der Waals surface area (Å²) in [7, 11) is 0. The topological polar surface area (TPSA) is 28.7 Å². The maximum Gasteiger partial charge on any atom is 0.0864 e. The Labute approximate surface area is 77.6 Å². The van der Waals surface area contributed by atoms with Crippen LogP contribution in [0.2, 0.25) is 0 Å². The summed E-state index contributed by atoms with van der Waals surface area (Å²) in [5, 5.41) is 0. The lowest BCUT2D eigenvalue weighted by Crippen LogP contribution is -1.85. The molecule has 0 amide bonds. The van der Waals surface area contributed by atoms with Crippen LogP contribution >= 0.6 is 0 Å². The highest BCUT2D eigenvalue weighted by atomic mass is 14.8. The molecule has 2 aromatic rings. The van der Waals surface area contributed by atoms with Gasteiger partial charge in [-0.05, 0) is 30.2 Å². The second-order valence-corrected chi connectivity index (χ2v) is 2.99. The molecule has 0 unspecified atom stereocenters. The summed E-state index contributed by atoms with van der Waals surface area (Å²) in [5.74, 6) is 0. The van der Waals surface area contributed by atoms with Crippen molar-refractivity contribution in [3.63, 3.8) is 0 Å². The number of H-pyrrole nitrogens is 1. The first-order valence-electron chi connectivity index (χ1n) is 4.49. The van der Waals surface area contributed by atoms with Gasteiger partial charge in [0.15, 0.2) is 0 Å². The van der Waals surface area contributed by atoms with E-state index < -0.39 is 0 Å². The molecule has 0 atom stereocenters. The van der Waals surface area contributed by atoms with E-state index in [0.717, 1.165) is 17.8 Å². The molecule has 2 heteroatoms. The van der Waals surface area contributed by atoms with Crippen LogP contribution in [0, 0.1) is 0 Å². The molecule has 0 saturated heterocycles. The van der Waals surface area contributed by atoms with Crippen molar-refractivity contribution in [2.75, 3.05) is 0 Å². The van der Waals surface area contributed by atoms with Crippen molar-refractivity contribution in [1.29, 1.82) is 0 Å². The highest BCUT2D eigenvalue weighted by Gasteiger charge is 1.97. The number of hydrogen-bond donors (Lipinski definition) is 1. The van der Waals surface area contributed by atoms with E-state index in [1.807, 2.05) is 30.6 Å². The van der Waals surface area contributed by atoms with Crippen LogP contribution in [0.1, 0.15) is 12.5 Å². The molecule has 0 aliphatic rings. The summed E-state index contributed by atoms with van der Waals surface area (Å²) >= 11 is 0. The molecule has 0 aliphatic heterocycles. The van der Waals surface area contributed by atoms with Gasteiger partial charge in [-0.15, -0.1) is 0 Å². The van der Waals surface area contributed by atoms with Gasteiger partial charge in [0.2, 0.25) is 0 Å². The fourth-order valence-corrected chi connectivity index (χ4v) is 1.28. The quantitative estimate of drug-likeness (QED) is 0.741. The lowest BCUT2D eigenvalue weighted by molar-refractivity contribution is 1.10. The Bertz CT molecular complexity index is 359. The van der Waals surface area contributed by atoms with Gasteiger partial charge in [0.1, 0.15) is 0 Å². The van der Waals surface area contributed by atoms with Crippen LogP contribution in [-0.4, -0.2) is 9.97 Å². The van der Waals surface area contributed by atoms with Gasteiger partial charge in [0.05, 0.1) is 11.4 Å². The van der Waals surface area contributed by atoms with Crippen molar-refractivity contribution in [1.82, 2.24) is 9.97 Å². The Morgan fingerprint density at radius 2 is 2.23 bits per heavy atom. The van der Waals surface area contributed by atoms with Crippen molar-refractivity contribution < 1.29 is 0 Å². The maximum absolute atomic E-state index is 4.36. The Balaban J connectivity index is 2.33. The van der Waals surface area contributed by atoms with E-state index in [1.165, 1.54) is 5.56 Å². The van der Waals surface area contributed by atoms with E-state index in [4.69, 9.17) is 0 Å². The van der Waals surface area contributed by atoms with Crippen molar-refractivity contribution in [2.24, 2.45) is 0 Å². The zero-order valence-electron chi connectivity index (χ0n) is 7.62. The number of nitrogens with one attached hydrogen (secondary N) is 1. The number of aromatic nitrogens is 2. The molecule has 13 heavy (non-hydrogen) atoms. The molecule has 0 fully saturated rings. The summed E-state index contributed by atoms with van der Waals surface area (Å²) < 4.78 is 0. The van der Waals surface area contributed by atoms with Crippen molar-refractivity contribution >= 4 is 0 Å². The largest absolute Gasteiger partial charge is 0.360 e. The summed E-state index contributed by atoms with van der Waals surface area (Å²) in [4.78, 5) is 7.49. The average Bonchev–Trinajstić information content (AvgIpc) is 2.71. The lowest BCUT2D eigenvalue weighted by atomic mass is 10.2. The molecular formula is C11H12N2. The third-order valence-electron chi connectivity index (χ3n) is 2.11. The van der Waals surface area contributed by atoms with E-state index in [1.54, 1.807) is 0 Å². The zero-order chi connectivity index (χ0) is 9.10. The fourth-order valence-electron chi connectivity index (χ4n) is 1.28. The predicted octanol–water partition coefficient (Wildman–Crippen LogP) is 2.64.